The number of carbonyl (C=O) groups is 1. The summed E-state index contributed by atoms with van der Waals surface area (Å²) in [6, 6.07) is 0. The van der Waals surface area contributed by atoms with Crippen LogP contribution in [0.3, 0.4) is 0 Å². The Hall–Kier alpha value is 0.951. The topological polar surface area (TPSA) is 37.3 Å². The molecule has 40 valence electrons. The van der Waals surface area contributed by atoms with Crippen molar-refractivity contribution in [3.05, 3.63) is 0 Å². The Kier molecular flexibility index (Phi) is 68.0. The predicted octanol–water partition coefficient (Wildman–Crippen LogP) is -0.304. The molecule has 0 aromatic heterocycles. The van der Waals surface area contributed by atoms with Crippen LogP contribution in [-0.4, -0.2) is 11.6 Å². The molecule has 5 heavy (non-hydrogen) atoms. The van der Waals surface area contributed by atoms with Gasteiger partial charge in [-0.1, -0.05) is 0 Å². The van der Waals surface area contributed by atoms with Crippen LogP contribution in [0.25, 0.3) is 0 Å². The van der Waals surface area contributed by atoms with Gasteiger partial charge in [-0.05, 0) is 0 Å². The molecule has 0 spiro atoms. The zero-order chi connectivity index (χ0) is 2.71. The molecule has 0 atom stereocenters. The van der Waals surface area contributed by atoms with Gasteiger partial charge in [0.1, 0.15) is 0 Å². The maximum atomic E-state index is 8.36. The minimum atomic E-state index is -0.250. The largest absolute Gasteiger partial charge is 0.483 e. The third-order valence-corrected chi connectivity index (χ3v) is 0. The van der Waals surface area contributed by atoms with Crippen molar-refractivity contribution >= 4 is 6.47 Å². The number of carboxylic acid groups (broad SMARTS) is 1. The van der Waals surface area contributed by atoms with Gasteiger partial charge < -0.3 is 5.11 Å². The van der Waals surface area contributed by atoms with E-state index < -0.39 is 0 Å². The smallest absolute Gasteiger partial charge is 0.290 e. The molecule has 0 aliphatic carbocycles. The molecular weight excluding hydrogens is 260 g/mol. The molecule has 0 aliphatic heterocycles. The first kappa shape index (κ1) is 16.8. The second kappa shape index (κ2) is 20.3. The summed E-state index contributed by atoms with van der Waals surface area (Å²) in [6.45, 7) is -0.250. The first-order chi connectivity index (χ1) is 1.41. The molecular formula is CH2Ag2O2. The van der Waals surface area contributed by atoms with Crippen molar-refractivity contribution in [1.29, 1.82) is 0 Å². The first-order valence-electron chi connectivity index (χ1n) is 0.494. The summed E-state index contributed by atoms with van der Waals surface area (Å²) in [7, 11) is 0. The van der Waals surface area contributed by atoms with Gasteiger partial charge in [-0.2, -0.15) is 0 Å². The van der Waals surface area contributed by atoms with Crippen molar-refractivity contribution in [1.82, 2.24) is 0 Å². The van der Waals surface area contributed by atoms with Gasteiger partial charge >= 0.3 is 0 Å². The Labute approximate surface area is 61.0 Å². The molecule has 4 heteroatoms. The van der Waals surface area contributed by atoms with E-state index in [1.807, 2.05) is 0 Å². The summed E-state index contributed by atoms with van der Waals surface area (Å²) in [4.78, 5) is 8.36. The van der Waals surface area contributed by atoms with E-state index in [1.165, 1.54) is 0 Å². The van der Waals surface area contributed by atoms with Gasteiger partial charge in [-0.15, -0.1) is 0 Å². The van der Waals surface area contributed by atoms with E-state index in [1.54, 1.807) is 0 Å². The number of rotatable bonds is 0. The predicted molar refractivity (Wildman–Crippen MR) is 8.69 cm³/mol. The zero-order valence-corrected chi connectivity index (χ0v) is 5.00. The third kappa shape index (κ3) is 47.7. The molecule has 0 aliphatic rings. The van der Waals surface area contributed by atoms with Crippen molar-refractivity contribution in [3.63, 3.8) is 0 Å². The van der Waals surface area contributed by atoms with E-state index in [4.69, 9.17) is 9.90 Å². The van der Waals surface area contributed by atoms with Crippen LogP contribution < -0.4 is 0 Å². The molecule has 0 fully saturated rings. The second-order valence-corrected chi connectivity index (χ2v) is 0.105. The normalized spacial score (nSPS) is 2.40. The average Bonchev–Trinajstić information content (AvgIpc) is 0.918. The average molecular weight is 262 g/mol. The van der Waals surface area contributed by atoms with Crippen LogP contribution in [0.15, 0.2) is 0 Å². The summed E-state index contributed by atoms with van der Waals surface area (Å²) >= 11 is 0. The van der Waals surface area contributed by atoms with Gasteiger partial charge in [-0.3, -0.25) is 4.79 Å². The maximum Gasteiger partial charge on any atom is 0.290 e. The van der Waals surface area contributed by atoms with Crippen LogP contribution in [0.1, 0.15) is 0 Å². The molecule has 2 radical (unpaired) electrons. The Morgan fingerprint density at radius 2 is 1.40 bits per heavy atom. The first-order valence-corrected chi connectivity index (χ1v) is 0.494. The van der Waals surface area contributed by atoms with E-state index in [0.29, 0.717) is 0 Å². The molecule has 0 bridgehead atoms. The minimum Gasteiger partial charge on any atom is -0.483 e. The number of hydrogen-bond donors (Lipinski definition) is 1. The van der Waals surface area contributed by atoms with Crippen molar-refractivity contribution in [3.8, 4) is 0 Å². The summed E-state index contributed by atoms with van der Waals surface area (Å²) in [5, 5.41) is 6.89. The van der Waals surface area contributed by atoms with Crippen LogP contribution in [0.4, 0.5) is 0 Å². The Bertz CT molecular complexity index is 15.1. The maximum absolute atomic E-state index is 8.36. The van der Waals surface area contributed by atoms with Gasteiger partial charge in [0.25, 0.3) is 6.47 Å². The zero-order valence-electron chi connectivity index (χ0n) is 2.04. The summed E-state index contributed by atoms with van der Waals surface area (Å²) in [5.41, 5.74) is 0. The molecule has 0 unspecified atom stereocenters. The van der Waals surface area contributed by atoms with E-state index in [9.17, 15) is 0 Å². The van der Waals surface area contributed by atoms with Crippen molar-refractivity contribution in [2.75, 3.05) is 0 Å². The molecule has 0 saturated carbocycles. The quantitative estimate of drug-likeness (QED) is 0.480. The fraction of sp³-hybridized carbons (Fsp3) is 0. The van der Waals surface area contributed by atoms with Crippen molar-refractivity contribution in [2.45, 2.75) is 0 Å². The van der Waals surface area contributed by atoms with Gasteiger partial charge in [0, 0.05) is 44.8 Å². The van der Waals surface area contributed by atoms with Crippen LogP contribution in [0.5, 0.6) is 0 Å². The summed E-state index contributed by atoms with van der Waals surface area (Å²) in [6.07, 6.45) is 0. The Balaban J connectivity index is -0.0000000200. The van der Waals surface area contributed by atoms with Crippen LogP contribution in [-0.2, 0) is 49.6 Å². The van der Waals surface area contributed by atoms with Gasteiger partial charge in [-0.25, -0.2) is 0 Å². The second-order valence-electron chi connectivity index (χ2n) is 0.105. The van der Waals surface area contributed by atoms with E-state index in [-0.39, 0.29) is 51.2 Å². The molecule has 0 aromatic carbocycles. The molecule has 2 nitrogen and oxygen atoms in total. The van der Waals surface area contributed by atoms with Gasteiger partial charge in [0.2, 0.25) is 0 Å². The molecule has 0 heterocycles. The molecule has 0 rings (SSSR count). The van der Waals surface area contributed by atoms with Crippen molar-refractivity contribution < 1.29 is 54.7 Å². The monoisotopic (exact) mass is 260 g/mol. The Morgan fingerprint density at radius 3 is 1.40 bits per heavy atom. The minimum absolute atomic E-state index is 0. The fourth-order valence-electron chi connectivity index (χ4n) is 0. The van der Waals surface area contributed by atoms with Gasteiger partial charge in [0.05, 0.1) is 0 Å². The third-order valence-electron chi connectivity index (χ3n) is 0. The van der Waals surface area contributed by atoms with E-state index >= 15 is 0 Å². The van der Waals surface area contributed by atoms with Crippen LogP contribution >= 0.6 is 0 Å². The summed E-state index contributed by atoms with van der Waals surface area (Å²) < 4.78 is 0. The van der Waals surface area contributed by atoms with Crippen molar-refractivity contribution in [2.24, 2.45) is 0 Å². The van der Waals surface area contributed by atoms with Gasteiger partial charge in [0.15, 0.2) is 0 Å². The van der Waals surface area contributed by atoms with E-state index in [0.717, 1.165) is 0 Å². The molecule has 0 amide bonds. The molecule has 0 saturated heterocycles. The number of hydrogen-bond acceptors (Lipinski definition) is 1. The SMILES string of the molecule is O=CO.[Ag].[Ag]. The summed E-state index contributed by atoms with van der Waals surface area (Å²) in [5.74, 6) is 0. The molecule has 1 N–H and O–H groups in total. The molecule has 0 aromatic rings. The Morgan fingerprint density at radius 1 is 1.40 bits per heavy atom. The fourth-order valence-corrected chi connectivity index (χ4v) is 0. The van der Waals surface area contributed by atoms with Crippen LogP contribution in [0.2, 0.25) is 0 Å². The van der Waals surface area contributed by atoms with E-state index in [2.05, 4.69) is 0 Å². The standard InChI is InChI=1S/CH2O2.2Ag/c2-1-3;;/h1H,(H,2,3);;. The van der Waals surface area contributed by atoms with Crippen LogP contribution in [0, 0.1) is 0 Å².